The standard InChI is InChI=1S/C11H12Cl3N3O3/c1-2-9(18)16-10(11(12,13)14)15-7-3-5-8(6-4-7)17(19)20/h3-6,10,15H,2H2,1H3,(H,16,18)/t10-/m1/s1. The van der Waals surface area contributed by atoms with Gasteiger partial charge in [0.1, 0.15) is 6.17 Å². The van der Waals surface area contributed by atoms with Crippen molar-refractivity contribution in [1.82, 2.24) is 5.32 Å². The van der Waals surface area contributed by atoms with Crippen LogP contribution >= 0.6 is 34.8 Å². The van der Waals surface area contributed by atoms with Gasteiger partial charge >= 0.3 is 0 Å². The molecule has 110 valence electrons. The van der Waals surface area contributed by atoms with Gasteiger partial charge in [-0.3, -0.25) is 14.9 Å². The number of rotatable bonds is 5. The first-order valence-corrected chi connectivity index (χ1v) is 6.74. The number of hydrogen-bond donors (Lipinski definition) is 2. The maximum Gasteiger partial charge on any atom is 0.269 e. The van der Waals surface area contributed by atoms with Crippen LogP contribution in [0.5, 0.6) is 0 Å². The molecule has 2 N–H and O–H groups in total. The number of nitro benzene ring substituents is 1. The fourth-order valence-corrected chi connectivity index (χ4v) is 1.64. The molecule has 9 heteroatoms. The van der Waals surface area contributed by atoms with Crippen LogP contribution < -0.4 is 10.6 Å². The van der Waals surface area contributed by atoms with Crippen molar-refractivity contribution in [2.75, 3.05) is 5.32 Å². The van der Waals surface area contributed by atoms with Crippen LogP contribution in [-0.2, 0) is 4.79 Å². The van der Waals surface area contributed by atoms with E-state index in [1.165, 1.54) is 24.3 Å². The summed E-state index contributed by atoms with van der Waals surface area (Å²) in [6.07, 6.45) is -0.722. The average molecular weight is 341 g/mol. The third kappa shape index (κ3) is 5.03. The van der Waals surface area contributed by atoms with E-state index in [0.29, 0.717) is 5.69 Å². The van der Waals surface area contributed by atoms with Crippen LogP contribution in [0.1, 0.15) is 13.3 Å². The highest BCUT2D eigenvalue weighted by Gasteiger charge is 2.33. The van der Waals surface area contributed by atoms with Crippen LogP contribution in [0.25, 0.3) is 0 Å². The average Bonchev–Trinajstić information content (AvgIpc) is 2.37. The van der Waals surface area contributed by atoms with Gasteiger partial charge in [-0.15, -0.1) is 0 Å². The summed E-state index contributed by atoms with van der Waals surface area (Å²) >= 11 is 17.3. The van der Waals surface area contributed by atoms with E-state index in [1.54, 1.807) is 6.92 Å². The summed E-state index contributed by atoms with van der Waals surface area (Å²) < 4.78 is -1.77. The third-order valence-corrected chi connectivity index (χ3v) is 3.00. The Balaban J connectivity index is 2.84. The zero-order valence-corrected chi connectivity index (χ0v) is 12.7. The molecule has 1 aromatic rings. The molecule has 0 fully saturated rings. The van der Waals surface area contributed by atoms with Gasteiger partial charge in [0.2, 0.25) is 9.70 Å². The first kappa shape index (κ1) is 16.8. The zero-order chi connectivity index (χ0) is 15.3. The molecule has 1 atom stereocenters. The van der Waals surface area contributed by atoms with Crippen molar-refractivity contribution in [2.45, 2.75) is 23.3 Å². The largest absolute Gasteiger partial charge is 0.362 e. The molecular weight excluding hydrogens is 328 g/mol. The van der Waals surface area contributed by atoms with Crippen molar-refractivity contribution in [3.05, 3.63) is 34.4 Å². The fraction of sp³-hybridized carbons (Fsp3) is 0.364. The number of carbonyl (C=O) groups excluding carboxylic acids is 1. The first-order chi connectivity index (χ1) is 9.24. The van der Waals surface area contributed by atoms with Gasteiger partial charge < -0.3 is 10.6 Å². The van der Waals surface area contributed by atoms with Crippen molar-refractivity contribution in [3.8, 4) is 0 Å². The number of halogens is 3. The van der Waals surface area contributed by atoms with Crippen molar-refractivity contribution in [3.63, 3.8) is 0 Å². The van der Waals surface area contributed by atoms with E-state index in [1.807, 2.05) is 0 Å². The molecule has 0 spiro atoms. The minimum atomic E-state index is -1.77. The Hall–Kier alpha value is -1.24. The maximum atomic E-state index is 11.4. The summed E-state index contributed by atoms with van der Waals surface area (Å²) in [7, 11) is 0. The van der Waals surface area contributed by atoms with Crippen molar-refractivity contribution in [2.24, 2.45) is 0 Å². The van der Waals surface area contributed by atoms with Crippen LogP contribution in [0.2, 0.25) is 0 Å². The Morgan fingerprint density at radius 2 is 1.90 bits per heavy atom. The second-order valence-corrected chi connectivity index (χ2v) is 6.21. The molecule has 0 aromatic heterocycles. The number of hydrogen-bond acceptors (Lipinski definition) is 4. The normalized spacial score (nSPS) is 12.6. The third-order valence-electron chi connectivity index (χ3n) is 2.34. The number of benzene rings is 1. The molecule has 0 aliphatic carbocycles. The van der Waals surface area contributed by atoms with Crippen molar-refractivity contribution < 1.29 is 9.72 Å². The monoisotopic (exact) mass is 339 g/mol. The summed E-state index contributed by atoms with van der Waals surface area (Å²) in [6.45, 7) is 1.66. The second kappa shape index (κ2) is 6.97. The van der Waals surface area contributed by atoms with Crippen LogP contribution in [-0.4, -0.2) is 20.8 Å². The summed E-state index contributed by atoms with van der Waals surface area (Å²) in [6, 6.07) is 5.53. The summed E-state index contributed by atoms with van der Waals surface area (Å²) in [5.74, 6) is -0.296. The molecule has 1 aromatic carbocycles. The number of carbonyl (C=O) groups is 1. The Labute approximate surface area is 130 Å². The summed E-state index contributed by atoms with van der Waals surface area (Å²) in [5.41, 5.74) is 0.418. The van der Waals surface area contributed by atoms with Crippen LogP contribution in [0.3, 0.4) is 0 Å². The lowest BCUT2D eigenvalue weighted by Crippen LogP contribution is -2.48. The molecule has 0 heterocycles. The predicted octanol–water partition coefficient (Wildman–Crippen LogP) is 3.23. The topological polar surface area (TPSA) is 84.3 Å². The number of non-ortho nitro benzene ring substituents is 1. The highest BCUT2D eigenvalue weighted by atomic mass is 35.6. The number of amides is 1. The Morgan fingerprint density at radius 3 is 2.30 bits per heavy atom. The predicted molar refractivity (Wildman–Crippen MR) is 79.2 cm³/mol. The van der Waals surface area contributed by atoms with E-state index in [2.05, 4.69) is 10.6 Å². The van der Waals surface area contributed by atoms with E-state index in [4.69, 9.17) is 34.8 Å². The number of nitrogens with zero attached hydrogens (tertiary/aromatic N) is 1. The number of alkyl halides is 3. The lowest BCUT2D eigenvalue weighted by Gasteiger charge is -2.27. The molecule has 0 radical (unpaired) electrons. The van der Waals surface area contributed by atoms with Gasteiger partial charge in [0.25, 0.3) is 5.69 Å². The lowest BCUT2D eigenvalue weighted by molar-refractivity contribution is -0.384. The molecule has 1 amide bonds. The van der Waals surface area contributed by atoms with Crippen LogP contribution in [0.4, 0.5) is 11.4 Å². The van der Waals surface area contributed by atoms with E-state index in [9.17, 15) is 14.9 Å². The zero-order valence-electron chi connectivity index (χ0n) is 10.4. The molecular formula is C11H12Cl3N3O3. The smallest absolute Gasteiger partial charge is 0.269 e. The van der Waals surface area contributed by atoms with Gasteiger partial charge in [0.15, 0.2) is 0 Å². The van der Waals surface area contributed by atoms with E-state index >= 15 is 0 Å². The fourth-order valence-electron chi connectivity index (χ4n) is 1.31. The highest BCUT2D eigenvalue weighted by Crippen LogP contribution is 2.31. The Morgan fingerprint density at radius 1 is 1.35 bits per heavy atom. The Kier molecular flexibility index (Phi) is 5.86. The quantitative estimate of drug-likeness (QED) is 0.373. The highest BCUT2D eigenvalue weighted by molar-refractivity contribution is 6.68. The molecule has 0 aliphatic heterocycles. The van der Waals surface area contributed by atoms with Crippen LogP contribution in [0.15, 0.2) is 24.3 Å². The van der Waals surface area contributed by atoms with E-state index in [0.717, 1.165) is 0 Å². The minimum Gasteiger partial charge on any atom is -0.362 e. The summed E-state index contributed by atoms with van der Waals surface area (Å²) in [4.78, 5) is 21.4. The van der Waals surface area contributed by atoms with Crippen molar-refractivity contribution >= 4 is 52.1 Å². The Bertz CT molecular complexity index is 488. The van der Waals surface area contributed by atoms with Gasteiger partial charge in [-0.1, -0.05) is 41.7 Å². The second-order valence-electron chi connectivity index (χ2n) is 3.84. The van der Waals surface area contributed by atoms with E-state index in [-0.39, 0.29) is 18.0 Å². The number of nitro groups is 1. The molecule has 0 unspecified atom stereocenters. The van der Waals surface area contributed by atoms with Crippen molar-refractivity contribution in [1.29, 1.82) is 0 Å². The molecule has 0 saturated heterocycles. The SMILES string of the molecule is CCC(=O)N[C@@H](Nc1ccc([N+](=O)[O-])cc1)C(Cl)(Cl)Cl. The van der Waals surface area contributed by atoms with Gasteiger partial charge in [0, 0.05) is 24.2 Å². The molecule has 1 rings (SSSR count). The lowest BCUT2D eigenvalue weighted by atomic mass is 10.3. The molecule has 0 bridgehead atoms. The molecule has 0 saturated carbocycles. The minimum absolute atomic E-state index is 0.0569. The van der Waals surface area contributed by atoms with Gasteiger partial charge in [-0.05, 0) is 12.1 Å². The number of anilines is 1. The van der Waals surface area contributed by atoms with Gasteiger partial charge in [-0.2, -0.15) is 0 Å². The van der Waals surface area contributed by atoms with Crippen LogP contribution in [0, 0.1) is 10.1 Å². The molecule has 0 aliphatic rings. The first-order valence-electron chi connectivity index (χ1n) is 5.61. The maximum absolute atomic E-state index is 11.4. The van der Waals surface area contributed by atoms with Gasteiger partial charge in [0.05, 0.1) is 4.92 Å². The van der Waals surface area contributed by atoms with Gasteiger partial charge in [-0.25, -0.2) is 0 Å². The summed E-state index contributed by atoms with van der Waals surface area (Å²) in [5, 5.41) is 15.9. The number of nitrogens with one attached hydrogen (secondary N) is 2. The van der Waals surface area contributed by atoms with E-state index < -0.39 is 14.9 Å². The molecule has 6 nitrogen and oxygen atoms in total. The molecule has 20 heavy (non-hydrogen) atoms.